The lowest BCUT2D eigenvalue weighted by Crippen LogP contribution is -2.21. The van der Waals surface area contributed by atoms with Crippen LogP contribution in [0.2, 0.25) is 5.02 Å². The first-order valence-corrected chi connectivity index (χ1v) is 4.06. The lowest BCUT2D eigenvalue weighted by atomic mass is 10.2. The highest BCUT2D eigenvalue weighted by atomic mass is 35.5. The minimum atomic E-state index is -0.502. The lowest BCUT2D eigenvalue weighted by Gasteiger charge is -2.10. The van der Waals surface area contributed by atoms with E-state index >= 15 is 0 Å². The minimum Gasteiger partial charge on any atom is -0.345 e. The molecule has 2 nitrogen and oxygen atoms in total. The van der Waals surface area contributed by atoms with Crippen molar-refractivity contribution in [2.75, 3.05) is 14.1 Å². The Hall–Kier alpha value is -1.09. The molecular formula is C9H9ClFNO. The Bertz CT molecular complexity index is 318. The summed E-state index contributed by atoms with van der Waals surface area (Å²) in [6, 6.07) is 3.76. The molecule has 1 amide bonds. The Balaban J connectivity index is 3.08. The maximum absolute atomic E-state index is 12.8. The van der Waals surface area contributed by atoms with Gasteiger partial charge in [-0.05, 0) is 18.2 Å². The van der Waals surface area contributed by atoms with Gasteiger partial charge in [-0.1, -0.05) is 11.6 Å². The van der Waals surface area contributed by atoms with Gasteiger partial charge in [0.05, 0.1) is 0 Å². The average molecular weight is 202 g/mol. The third kappa shape index (κ3) is 2.42. The van der Waals surface area contributed by atoms with E-state index in [4.69, 9.17) is 11.6 Å². The monoisotopic (exact) mass is 201 g/mol. The van der Waals surface area contributed by atoms with Gasteiger partial charge in [0.25, 0.3) is 5.91 Å². The van der Waals surface area contributed by atoms with Gasteiger partial charge in [0.15, 0.2) is 0 Å². The third-order valence-electron chi connectivity index (χ3n) is 1.52. The highest BCUT2D eigenvalue weighted by molar-refractivity contribution is 6.31. The van der Waals surface area contributed by atoms with E-state index in [1.807, 2.05) is 0 Å². The highest BCUT2D eigenvalue weighted by Crippen LogP contribution is 2.14. The second-order valence-corrected chi connectivity index (χ2v) is 3.29. The predicted molar refractivity (Wildman–Crippen MR) is 49.4 cm³/mol. The fourth-order valence-corrected chi connectivity index (χ4v) is 1.16. The van der Waals surface area contributed by atoms with Gasteiger partial charge in [0, 0.05) is 24.7 Å². The van der Waals surface area contributed by atoms with Crippen LogP contribution in [0.3, 0.4) is 0 Å². The molecule has 0 fully saturated rings. The Morgan fingerprint density at radius 1 is 1.38 bits per heavy atom. The molecule has 0 heterocycles. The topological polar surface area (TPSA) is 20.3 Å². The van der Waals surface area contributed by atoms with Crippen molar-refractivity contribution in [1.82, 2.24) is 4.90 Å². The summed E-state index contributed by atoms with van der Waals surface area (Å²) in [6.07, 6.45) is 0. The third-order valence-corrected chi connectivity index (χ3v) is 1.73. The van der Waals surface area contributed by atoms with E-state index in [1.165, 1.54) is 11.0 Å². The van der Waals surface area contributed by atoms with Gasteiger partial charge in [0.1, 0.15) is 5.82 Å². The number of rotatable bonds is 1. The zero-order valence-electron chi connectivity index (χ0n) is 7.34. The van der Waals surface area contributed by atoms with Crippen LogP contribution in [0.15, 0.2) is 18.2 Å². The van der Waals surface area contributed by atoms with Crippen molar-refractivity contribution in [1.29, 1.82) is 0 Å². The number of halogens is 2. The molecule has 0 bridgehead atoms. The number of carbonyl (C=O) groups excluding carboxylic acids is 1. The molecule has 0 radical (unpaired) electrons. The quantitative estimate of drug-likeness (QED) is 0.682. The van der Waals surface area contributed by atoms with E-state index < -0.39 is 5.82 Å². The van der Waals surface area contributed by atoms with Crippen molar-refractivity contribution in [3.63, 3.8) is 0 Å². The summed E-state index contributed by atoms with van der Waals surface area (Å²) in [5.74, 6) is -0.765. The molecule has 0 unspecified atom stereocenters. The number of carbonyl (C=O) groups is 1. The van der Waals surface area contributed by atoms with Crippen molar-refractivity contribution in [3.8, 4) is 0 Å². The zero-order chi connectivity index (χ0) is 10.0. The number of benzene rings is 1. The van der Waals surface area contributed by atoms with E-state index in [1.54, 1.807) is 14.1 Å². The van der Waals surface area contributed by atoms with E-state index in [0.717, 1.165) is 12.1 Å². The molecule has 1 aromatic carbocycles. The number of hydrogen-bond donors (Lipinski definition) is 0. The zero-order valence-corrected chi connectivity index (χ0v) is 8.10. The summed E-state index contributed by atoms with van der Waals surface area (Å²) in [5.41, 5.74) is 0.259. The van der Waals surface area contributed by atoms with Gasteiger partial charge >= 0.3 is 0 Å². The van der Waals surface area contributed by atoms with Gasteiger partial charge < -0.3 is 4.90 Å². The fourth-order valence-electron chi connectivity index (χ4n) is 0.936. The molecule has 0 saturated carbocycles. The first-order chi connectivity index (χ1) is 6.00. The fraction of sp³-hybridized carbons (Fsp3) is 0.222. The van der Waals surface area contributed by atoms with Crippen LogP contribution in [0.5, 0.6) is 0 Å². The molecule has 0 aromatic heterocycles. The van der Waals surface area contributed by atoms with Gasteiger partial charge in [-0.15, -0.1) is 0 Å². The molecule has 0 saturated heterocycles. The summed E-state index contributed by atoms with van der Waals surface area (Å²) in [5, 5.41) is 0.227. The van der Waals surface area contributed by atoms with Crippen LogP contribution in [0, 0.1) is 5.82 Å². The van der Waals surface area contributed by atoms with Crippen molar-refractivity contribution in [2.45, 2.75) is 0 Å². The van der Waals surface area contributed by atoms with E-state index in [2.05, 4.69) is 0 Å². The summed E-state index contributed by atoms with van der Waals surface area (Å²) < 4.78 is 12.8. The molecule has 1 aromatic rings. The first kappa shape index (κ1) is 9.99. The van der Waals surface area contributed by atoms with E-state index in [0.29, 0.717) is 0 Å². The second kappa shape index (κ2) is 3.75. The van der Waals surface area contributed by atoms with Crippen molar-refractivity contribution in [2.24, 2.45) is 0 Å². The summed E-state index contributed by atoms with van der Waals surface area (Å²) in [7, 11) is 3.20. The van der Waals surface area contributed by atoms with Crippen molar-refractivity contribution >= 4 is 17.5 Å². The van der Waals surface area contributed by atoms with Gasteiger partial charge in [-0.25, -0.2) is 4.39 Å². The Morgan fingerprint density at radius 2 is 2.00 bits per heavy atom. The Labute approximate surface area is 80.9 Å². The molecule has 4 heteroatoms. The molecule has 0 aliphatic rings. The number of amides is 1. The highest BCUT2D eigenvalue weighted by Gasteiger charge is 2.09. The maximum atomic E-state index is 12.8. The lowest BCUT2D eigenvalue weighted by molar-refractivity contribution is 0.0827. The van der Waals surface area contributed by atoms with Crippen LogP contribution >= 0.6 is 11.6 Å². The molecule has 0 atom stereocenters. The van der Waals surface area contributed by atoms with Crippen molar-refractivity contribution < 1.29 is 9.18 Å². The van der Waals surface area contributed by atoms with Gasteiger partial charge in [0.2, 0.25) is 0 Å². The molecule has 70 valence electrons. The van der Waals surface area contributed by atoms with Crippen LogP contribution in [0.1, 0.15) is 10.4 Å². The van der Waals surface area contributed by atoms with Crippen LogP contribution in [-0.2, 0) is 0 Å². The molecule has 13 heavy (non-hydrogen) atoms. The predicted octanol–water partition coefficient (Wildman–Crippen LogP) is 2.18. The van der Waals surface area contributed by atoms with E-state index in [9.17, 15) is 9.18 Å². The summed E-state index contributed by atoms with van der Waals surface area (Å²) in [6.45, 7) is 0. The largest absolute Gasteiger partial charge is 0.345 e. The standard InChI is InChI=1S/C9H9ClFNO/c1-12(2)9(13)6-3-7(10)5-8(11)4-6/h3-5H,1-2H3. The Kier molecular flexibility index (Phi) is 2.88. The number of nitrogens with zero attached hydrogens (tertiary/aromatic N) is 1. The molecular weight excluding hydrogens is 193 g/mol. The number of hydrogen-bond acceptors (Lipinski definition) is 1. The molecule has 0 aliphatic heterocycles. The summed E-state index contributed by atoms with van der Waals surface area (Å²) in [4.78, 5) is 12.7. The first-order valence-electron chi connectivity index (χ1n) is 3.68. The van der Waals surface area contributed by atoms with Crippen LogP contribution in [-0.4, -0.2) is 24.9 Å². The molecule has 1 rings (SSSR count). The normalized spacial score (nSPS) is 9.85. The average Bonchev–Trinajstić information content (AvgIpc) is 2.01. The van der Waals surface area contributed by atoms with Crippen LogP contribution < -0.4 is 0 Å². The Morgan fingerprint density at radius 3 is 2.46 bits per heavy atom. The molecule has 0 aliphatic carbocycles. The van der Waals surface area contributed by atoms with Crippen LogP contribution in [0.25, 0.3) is 0 Å². The van der Waals surface area contributed by atoms with E-state index in [-0.39, 0.29) is 16.5 Å². The smallest absolute Gasteiger partial charge is 0.253 e. The van der Waals surface area contributed by atoms with Crippen LogP contribution in [0.4, 0.5) is 4.39 Å². The SMILES string of the molecule is CN(C)C(=O)c1cc(F)cc(Cl)c1. The maximum Gasteiger partial charge on any atom is 0.253 e. The van der Waals surface area contributed by atoms with Crippen molar-refractivity contribution in [3.05, 3.63) is 34.6 Å². The summed E-state index contributed by atoms with van der Waals surface area (Å²) >= 11 is 5.59. The van der Waals surface area contributed by atoms with Gasteiger partial charge in [-0.3, -0.25) is 4.79 Å². The van der Waals surface area contributed by atoms with Gasteiger partial charge in [-0.2, -0.15) is 0 Å². The minimum absolute atomic E-state index is 0.227. The molecule has 0 N–H and O–H groups in total. The molecule has 0 spiro atoms. The second-order valence-electron chi connectivity index (χ2n) is 2.86.